The van der Waals surface area contributed by atoms with Crippen molar-refractivity contribution in [3.63, 3.8) is 0 Å². The first-order valence-electron chi connectivity index (χ1n) is 7.34. The molecule has 3 nitrogen and oxygen atoms in total. The fourth-order valence-corrected chi connectivity index (χ4v) is 3.02. The van der Waals surface area contributed by atoms with Gasteiger partial charge in [0.15, 0.2) is 0 Å². The molecule has 2 aromatic carbocycles. The zero-order valence-electron chi connectivity index (χ0n) is 12.6. The molecule has 0 aromatic heterocycles. The highest BCUT2D eigenvalue weighted by Crippen LogP contribution is 2.32. The summed E-state index contributed by atoms with van der Waals surface area (Å²) in [5.41, 5.74) is 4.02. The van der Waals surface area contributed by atoms with Crippen molar-refractivity contribution in [2.24, 2.45) is 0 Å². The Kier molecular flexibility index (Phi) is 4.11. The van der Waals surface area contributed by atoms with Crippen LogP contribution in [0.2, 0.25) is 0 Å². The van der Waals surface area contributed by atoms with Gasteiger partial charge in [-0.2, -0.15) is 0 Å². The quantitative estimate of drug-likeness (QED) is 0.911. The number of methoxy groups -OCH3 is 2. The van der Waals surface area contributed by atoms with Crippen molar-refractivity contribution in [2.45, 2.75) is 25.4 Å². The molecule has 0 fully saturated rings. The van der Waals surface area contributed by atoms with Gasteiger partial charge in [-0.3, -0.25) is 0 Å². The lowest BCUT2D eigenvalue weighted by molar-refractivity contribution is 0.395. The first kappa shape index (κ1) is 14.0. The molecule has 3 heteroatoms. The van der Waals surface area contributed by atoms with Crippen LogP contribution in [0, 0.1) is 0 Å². The molecule has 110 valence electrons. The van der Waals surface area contributed by atoms with Crippen LogP contribution in [0.15, 0.2) is 42.5 Å². The van der Waals surface area contributed by atoms with E-state index in [2.05, 4.69) is 29.6 Å². The Morgan fingerprint density at radius 2 is 1.95 bits per heavy atom. The second-order valence-electron chi connectivity index (χ2n) is 5.35. The van der Waals surface area contributed by atoms with Crippen LogP contribution in [-0.2, 0) is 13.0 Å². The molecule has 0 bridgehead atoms. The van der Waals surface area contributed by atoms with Crippen LogP contribution in [0.3, 0.4) is 0 Å². The van der Waals surface area contributed by atoms with Crippen LogP contribution < -0.4 is 14.8 Å². The summed E-state index contributed by atoms with van der Waals surface area (Å²) >= 11 is 0. The van der Waals surface area contributed by atoms with Crippen molar-refractivity contribution in [1.82, 2.24) is 5.32 Å². The molecule has 0 aliphatic heterocycles. The van der Waals surface area contributed by atoms with Gasteiger partial charge in [-0.15, -0.1) is 0 Å². The third-order valence-electron chi connectivity index (χ3n) is 4.16. The summed E-state index contributed by atoms with van der Waals surface area (Å²) in [6.07, 6.45) is 2.31. The molecule has 3 rings (SSSR count). The summed E-state index contributed by atoms with van der Waals surface area (Å²) in [6, 6.07) is 15.0. The molecule has 0 spiro atoms. The first-order chi connectivity index (χ1) is 10.3. The molecule has 0 heterocycles. The van der Waals surface area contributed by atoms with E-state index in [1.165, 1.54) is 11.1 Å². The summed E-state index contributed by atoms with van der Waals surface area (Å²) < 4.78 is 10.7. The summed E-state index contributed by atoms with van der Waals surface area (Å²) in [6.45, 7) is 0.777. The van der Waals surface area contributed by atoms with Crippen LogP contribution in [0.25, 0.3) is 0 Å². The molecule has 1 N–H and O–H groups in total. The Morgan fingerprint density at radius 3 is 2.76 bits per heavy atom. The van der Waals surface area contributed by atoms with Gasteiger partial charge in [-0.05, 0) is 42.2 Å². The van der Waals surface area contributed by atoms with E-state index in [-0.39, 0.29) is 0 Å². The van der Waals surface area contributed by atoms with Crippen LogP contribution >= 0.6 is 0 Å². The van der Waals surface area contributed by atoms with Gasteiger partial charge in [0, 0.05) is 18.2 Å². The Bertz CT molecular complexity index is 624. The maximum atomic E-state index is 5.43. The number of nitrogens with one attached hydrogen (secondary N) is 1. The molecular formula is C18H21NO2. The highest BCUT2D eigenvalue weighted by molar-refractivity contribution is 5.41. The topological polar surface area (TPSA) is 30.5 Å². The van der Waals surface area contributed by atoms with E-state index >= 15 is 0 Å². The zero-order chi connectivity index (χ0) is 14.7. The van der Waals surface area contributed by atoms with Gasteiger partial charge < -0.3 is 14.8 Å². The number of hydrogen-bond donors (Lipinski definition) is 1. The van der Waals surface area contributed by atoms with Gasteiger partial charge in [0.2, 0.25) is 0 Å². The van der Waals surface area contributed by atoms with Crippen molar-refractivity contribution in [2.75, 3.05) is 14.2 Å². The number of fused-ring (bicyclic) bond motifs is 1. The Morgan fingerprint density at radius 1 is 1.10 bits per heavy atom. The van der Waals surface area contributed by atoms with E-state index < -0.39 is 0 Å². The van der Waals surface area contributed by atoms with Gasteiger partial charge in [-0.25, -0.2) is 0 Å². The highest BCUT2D eigenvalue weighted by atomic mass is 16.5. The summed E-state index contributed by atoms with van der Waals surface area (Å²) in [4.78, 5) is 0. The number of benzene rings is 2. The lowest BCUT2D eigenvalue weighted by Crippen LogP contribution is -2.19. The van der Waals surface area contributed by atoms with E-state index in [1.807, 2.05) is 18.2 Å². The van der Waals surface area contributed by atoms with Gasteiger partial charge in [0.05, 0.1) is 14.2 Å². The molecule has 21 heavy (non-hydrogen) atoms. The molecule has 1 unspecified atom stereocenters. The summed E-state index contributed by atoms with van der Waals surface area (Å²) in [5.74, 6) is 1.76. The average Bonchev–Trinajstić information content (AvgIpc) is 2.96. The van der Waals surface area contributed by atoms with Crippen LogP contribution in [0.4, 0.5) is 0 Å². The molecule has 0 radical (unpaired) electrons. The monoisotopic (exact) mass is 283 g/mol. The maximum Gasteiger partial charge on any atom is 0.123 e. The molecular weight excluding hydrogens is 262 g/mol. The molecule has 1 aliphatic rings. The smallest absolute Gasteiger partial charge is 0.123 e. The second kappa shape index (κ2) is 6.19. The Hall–Kier alpha value is -2.00. The minimum atomic E-state index is 0.428. The lowest BCUT2D eigenvalue weighted by atomic mass is 10.1. The zero-order valence-corrected chi connectivity index (χ0v) is 12.6. The van der Waals surface area contributed by atoms with Gasteiger partial charge in [0.1, 0.15) is 11.5 Å². The fourth-order valence-electron chi connectivity index (χ4n) is 3.02. The SMILES string of the molecule is COc1ccc(OC)c(CNC2CCc3ccccc32)c1. The average molecular weight is 283 g/mol. The molecule has 0 saturated heterocycles. The fraction of sp³-hybridized carbons (Fsp3) is 0.333. The van der Waals surface area contributed by atoms with Gasteiger partial charge in [0.25, 0.3) is 0 Å². The maximum absolute atomic E-state index is 5.43. The number of hydrogen-bond acceptors (Lipinski definition) is 3. The molecule has 0 amide bonds. The third kappa shape index (κ3) is 2.88. The summed E-state index contributed by atoms with van der Waals surface area (Å²) in [7, 11) is 3.39. The minimum absolute atomic E-state index is 0.428. The van der Waals surface area contributed by atoms with Gasteiger partial charge >= 0.3 is 0 Å². The Balaban J connectivity index is 1.74. The molecule has 0 saturated carbocycles. The normalized spacial score (nSPS) is 16.6. The van der Waals surface area contributed by atoms with Crippen LogP contribution in [-0.4, -0.2) is 14.2 Å². The largest absolute Gasteiger partial charge is 0.497 e. The first-order valence-corrected chi connectivity index (χ1v) is 7.34. The van der Waals surface area contributed by atoms with Crippen molar-refractivity contribution >= 4 is 0 Å². The second-order valence-corrected chi connectivity index (χ2v) is 5.35. The molecule has 1 aliphatic carbocycles. The highest BCUT2D eigenvalue weighted by Gasteiger charge is 2.21. The van der Waals surface area contributed by atoms with Crippen molar-refractivity contribution in [3.8, 4) is 11.5 Å². The van der Waals surface area contributed by atoms with Crippen molar-refractivity contribution in [1.29, 1.82) is 0 Å². The van der Waals surface area contributed by atoms with E-state index in [0.717, 1.165) is 36.4 Å². The number of ether oxygens (including phenoxy) is 2. The lowest BCUT2D eigenvalue weighted by Gasteiger charge is -2.16. The predicted octanol–water partition coefficient (Wildman–Crippen LogP) is 3.48. The van der Waals surface area contributed by atoms with Gasteiger partial charge in [-0.1, -0.05) is 24.3 Å². The van der Waals surface area contributed by atoms with Crippen molar-refractivity contribution in [3.05, 3.63) is 59.2 Å². The molecule has 1 atom stereocenters. The van der Waals surface area contributed by atoms with Crippen LogP contribution in [0.1, 0.15) is 29.2 Å². The Labute approximate surface area is 125 Å². The standard InChI is InChI=1S/C18H21NO2/c1-20-15-8-10-18(21-2)14(11-15)12-19-17-9-7-13-5-3-4-6-16(13)17/h3-6,8,10-11,17,19H,7,9,12H2,1-2H3. The predicted molar refractivity (Wildman–Crippen MR) is 83.9 cm³/mol. The van der Waals surface area contributed by atoms with E-state index in [4.69, 9.17) is 9.47 Å². The third-order valence-corrected chi connectivity index (χ3v) is 4.16. The van der Waals surface area contributed by atoms with E-state index in [0.29, 0.717) is 6.04 Å². The minimum Gasteiger partial charge on any atom is -0.497 e. The van der Waals surface area contributed by atoms with Crippen molar-refractivity contribution < 1.29 is 9.47 Å². The number of rotatable bonds is 5. The van der Waals surface area contributed by atoms with E-state index in [9.17, 15) is 0 Å². The van der Waals surface area contributed by atoms with E-state index in [1.54, 1.807) is 14.2 Å². The number of aryl methyl sites for hydroxylation is 1. The molecule has 2 aromatic rings. The summed E-state index contributed by atoms with van der Waals surface area (Å²) in [5, 5.41) is 3.64. The van der Waals surface area contributed by atoms with Crippen LogP contribution in [0.5, 0.6) is 11.5 Å².